The van der Waals surface area contributed by atoms with Gasteiger partial charge in [0.25, 0.3) is 5.91 Å². The van der Waals surface area contributed by atoms with Gasteiger partial charge < -0.3 is 10.1 Å². The molecule has 3 nitrogen and oxygen atoms in total. The number of nitrogens with one attached hydrogen (secondary N) is 1. The van der Waals surface area contributed by atoms with Crippen LogP contribution in [0.4, 0.5) is 10.1 Å². The van der Waals surface area contributed by atoms with Crippen molar-refractivity contribution in [2.75, 3.05) is 11.9 Å². The molecule has 19 heavy (non-hydrogen) atoms. The molecule has 0 aliphatic heterocycles. The zero-order valence-corrected chi connectivity index (χ0v) is 10.5. The number of ether oxygens (including phenoxy) is 1. The summed E-state index contributed by atoms with van der Waals surface area (Å²) in [5.74, 6) is 0.0306. The minimum atomic E-state index is -0.323. The van der Waals surface area contributed by atoms with Gasteiger partial charge in [0.1, 0.15) is 11.6 Å². The van der Waals surface area contributed by atoms with E-state index in [1.54, 1.807) is 19.1 Å². The molecule has 0 saturated carbocycles. The molecule has 0 aliphatic carbocycles. The van der Waals surface area contributed by atoms with E-state index in [2.05, 4.69) is 5.32 Å². The highest BCUT2D eigenvalue weighted by atomic mass is 19.1. The van der Waals surface area contributed by atoms with Crippen LogP contribution >= 0.6 is 0 Å². The first-order valence-electron chi connectivity index (χ1n) is 5.89. The minimum absolute atomic E-state index is 0.0825. The maximum Gasteiger partial charge on any atom is 0.262 e. The van der Waals surface area contributed by atoms with Crippen LogP contribution in [-0.4, -0.2) is 12.5 Å². The molecule has 0 atom stereocenters. The highest BCUT2D eigenvalue weighted by Crippen LogP contribution is 2.15. The van der Waals surface area contributed by atoms with Crippen LogP contribution < -0.4 is 10.1 Å². The number of carbonyl (C=O) groups excluding carboxylic acids is 1. The Hall–Kier alpha value is -2.36. The van der Waals surface area contributed by atoms with Crippen molar-refractivity contribution >= 4 is 11.6 Å². The van der Waals surface area contributed by atoms with Crippen molar-refractivity contribution in [2.45, 2.75) is 6.92 Å². The molecule has 0 unspecified atom stereocenters. The molecule has 2 aromatic carbocycles. The molecule has 0 bridgehead atoms. The number of carbonyl (C=O) groups is 1. The highest BCUT2D eigenvalue weighted by molar-refractivity contribution is 5.92. The summed E-state index contributed by atoms with van der Waals surface area (Å²) < 4.78 is 18.2. The lowest BCUT2D eigenvalue weighted by Gasteiger charge is -2.09. The SMILES string of the molecule is Cc1cc(F)ccc1NC(=O)COc1ccccc1. The lowest BCUT2D eigenvalue weighted by molar-refractivity contribution is -0.118. The Balaban J connectivity index is 1.91. The van der Waals surface area contributed by atoms with Gasteiger partial charge >= 0.3 is 0 Å². The van der Waals surface area contributed by atoms with Crippen LogP contribution in [-0.2, 0) is 4.79 Å². The second-order valence-corrected chi connectivity index (χ2v) is 4.11. The van der Waals surface area contributed by atoms with Gasteiger partial charge in [-0.15, -0.1) is 0 Å². The second-order valence-electron chi connectivity index (χ2n) is 4.11. The van der Waals surface area contributed by atoms with Gasteiger partial charge in [0.15, 0.2) is 6.61 Å². The minimum Gasteiger partial charge on any atom is -0.484 e. The maximum absolute atomic E-state index is 12.9. The van der Waals surface area contributed by atoms with Crippen molar-refractivity contribution in [1.29, 1.82) is 0 Å². The van der Waals surface area contributed by atoms with E-state index in [1.165, 1.54) is 18.2 Å². The summed E-state index contributed by atoms with van der Waals surface area (Å²) in [5, 5.41) is 2.68. The first kappa shape index (κ1) is 13.1. The summed E-state index contributed by atoms with van der Waals surface area (Å²) in [6.07, 6.45) is 0. The van der Waals surface area contributed by atoms with E-state index in [1.807, 2.05) is 18.2 Å². The zero-order valence-electron chi connectivity index (χ0n) is 10.5. The molecule has 1 N–H and O–H groups in total. The monoisotopic (exact) mass is 259 g/mol. The first-order valence-corrected chi connectivity index (χ1v) is 5.89. The quantitative estimate of drug-likeness (QED) is 0.916. The highest BCUT2D eigenvalue weighted by Gasteiger charge is 2.06. The fourth-order valence-electron chi connectivity index (χ4n) is 1.62. The predicted molar refractivity (Wildman–Crippen MR) is 71.7 cm³/mol. The standard InChI is InChI=1S/C15H14FNO2/c1-11-9-12(16)7-8-14(11)17-15(18)10-19-13-5-3-2-4-6-13/h2-9H,10H2,1H3,(H,17,18). The number of amides is 1. The fourth-order valence-corrected chi connectivity index (χ4v) is 1.62. The Morgan fingerprint density at radius 3 is 2.63 bits per heavy atom. The molecule has 0 aliphatic rings. The number of para-hydroxylation sites is 1. The molecule has 1 amide bonds. The van der Waals surface area contributed by atoms with E-state index in [0.29, 0.717) is 17.0 Å². The fraction of sp³-hybridized carbons (Fsp3) is 0.133. The first-order chi connectivity index (χ1) is 9.15. The average Bonchev–Trinajstić information content (AvgIpc) is 2.41. The Morgan fingerprint density at radius 1 is 1.21 bits per heavy atom. The smallest absolute Gasteiger partial charge is 0.262 e. The van der Waals surface area contributed by atoms with Gasteiger partial charge in [0, 0.05) is 5.69 Å². The van der Waals surface area contributed by atoms with Crippen LogP contribution in [0.25, 0.3) is 0 Å². The summed E-state index contributed by atoms with van der Waals surface area (Å²) in [6.45, 7) is 1.65. The van der Waals surface area contributed by atoms with Gasteiger partial charge in [0.2, 0.25) is 0 Å². The summed E-state index contributed by atoms with van der Waals surface area (Å²) in [7, 11) is 0. The number of anilines is 1. The number of rotatable bonds is 4. The molecule has 2 aromatic rings. The van der Waals surface area contributed by atoms with E-state index < -0.39 is 0 Å². The Morgan fingerprint density at radius 2 is 1.95 bits per heavy atom. The average molecular weight is 259 g/mol. The Labute approximate surface area is 111 Å². The van der Waals surface area contributed by atoms with Crippen LogP contribution in [0.15, 0.2) is 48.5 Å². The van der Waals surface area contributed by atoms with Gasteiger partial charge in [0.05, 0.1) is 0 Å². The topological polar surface area (TPSA) is 38.3 Å². The van der Waals surface area contributed by atoms with Crippen molar-refractivity contribution in [3.63, 3.8) is 0 Å². The van der Waals surface area contributed by atoms with Crippen molar-refractivity contribution in [3.05, 3.63) is 59.9 Å². The van der Waals surface area contributed by atoms with Gasteiger partial charge in [-0.05, 0) is 42.8 Å². The van der Waals surface area contributed by atoms with Crippen LogP contribution in [0.1, 0.15) is 5.56 Å². The van der Waals surface area contributed by atoms with Gasteiger partial charge in [-0.25, -0.2) is 4.39 Å². The molecule has 2 rings (SSSR count). The van der Waals surface area contributed by atoms with E-state index in [9.17, 15) is 9.18 Å². The molecule has 0 spiro atoms. The molecule has 0 radical (unpaired) electrons. The lowest BCUT2D eigenvalue weighted by atomic mass is 10.2. The summed E-state index contributed by atoms with van der Waals surface area (Å²) in [5.41, 5.74) is 1.26. The largest absolute Gasteiger partial charge is 0.484 e. The predicted octanol–water partition coefficient (Wildman–Crippen LogP) is 3.15. The number of hydrogen-bond acceptors (Lipinski definition) is 2. The van der Waals surface area contributed by atoms with E-state index in [0.717, 1.165) is 0 Å². The van der Waals surface area contributed by atoms with Gasteiger partial charge in [-0.3, -0.25) is 4.79 Å². The van der Waals surface area contributed by atoms with Gasteiger partial charge in [-0.2, -0.15) is 0 Å². The van der Waals surface area contributed by atoms with E-state index in [-0.39, 0.29) is 18.3 Å². The Bertz CT molecular complexity index is 570. The molecule has 0 aromatic heterocycles. The maximum atomic E-state index is 12.9. The summed E-state index contributed by atoms with van der Waals surface area (Å²) in [4.78, 5) is 11.7. The number of benzene rings is 2. The molecular formula is C15H14FNO2. The number of hydrogen-bond donors (Lipinski definition) is 1. The van der Waals surface area contributed by atoms with E-state index in [4.69, 9.17) is 4.74 Å². The van der Waals surface area contributed by atoms with Crippen molar-refractivity contribution < 1.29 is 13.9 Å². The normalized spacial score (nSPS) is 10.0. The number of halogens is 1. The van der Waals surface area contributed by atoms with Crippen LogP contribution in [0.5, 0.6) is 5.75 Å². The number of aryl methyl sites for hydroxylation is 1. The molecule has 0 fully saturated rings. The molecule has 0 saturated heterocycles. The summed E-state index contributed by atoms with van der Waals surface area (Å²) >= 11 is 0. The second kappa shape index (κ2) is 6.00. The van der Waals surface area contributed by atoms with Crippen molar-refractivity contribution in [2.24, 2.45) is 0 Å². The van der Waals surface area contributed by atoms with Crippen LogP contribution in [0.3, 0.4) is 0 Å². The van der Waals surface area contributed by atoms with E-state index >= 15 is 0 Å². The lowest BCUT2D eigenvalue weighted by Crippen LogP contribution is -2.20. The molecule has 98 valence electrons. The van der Waals surface area contributed by atoms with Crippen LogP contribution in [0, 0.1) is 12.7 Å². The molecular weight excluding hydrogens is 245 g/mol. The third-order valence-electron chi connectivity index (χ3n) is 2.58. The summed E-state index contributed by atoms with van der Waals surface area (Å²) in [6, 6.07) is 13.3. The van der Waals surface area contributed by atoms with Crippen molar-refractivity contribution in [3.8, 4) is 5.75 Å². The third-order valence-corrected chi connectivity index (χ3v) is 2.58. The molecule has 4 heteroatoms. The third kappa shape index (κ3) is 3.81. The van der Waals surface area contributed by atoms with Gasteiger partial charge in [-0.1, -0.05) is 18.2 Å². The van der Waals surface area contributed by atoms with Crippen molar-refractivity contribution in [1.82, 2.24) is 0 Å². The zero-order chi connectivity index (χ0) is 13.7. The Kier molecular flexibility index (Phi) is 4.13. The van der Waals surface area contributed by atoms with Crippen LogP contribution in [0.2, 0.25) is 0 Å². The molecule has 0 heterocycles.